The van der Waals surface area contributed by atoms with Crippen LogP contribution in [0.1, 0.15) is 38.2 Å². The number of hydrogen-bond acceptors (Lipinski definition) is 4. The number of nitrogens with zero attached hydrogens (tertiary/aromatic N) is 3. The summed E-state index contributed by atoms with van der Waals surface area (Å²) in [6, 6.07) is 3.12. The number of amides is 2. The molecule has 2 aliphatic rings. The Labute approximate surface area is 191 Å². The molecule has 2 aliphatic heterocycles. The third-order valence-corrected chi connectivity index (χ3v) is 6.48. The van der Waals surface area contributed by atoms with E-state index in [2.05, 4.69) is 10.2 Å². The van der Waals surface area contributed by atoms with E-state index in [1.54, 1.807) is 0 Å². The Morgan fingerprint density at radius 2 is 1.66 bits per heavy atom. The molecule has 2 amide bonds. The molecule has 32 heavy (non-hydrogen) atoms. The minimum absolute atomic E-state index is 0.0574. The molecule has 178 valence electrons. The van der Waals surface area contributed by atoms with Gasteiger partial charge < -0.3 is 10.2 Å². The van der Waals surface area contributed by atoms with E-state index >= 15 is 0 Å². The number of halogens is 4. The summed E-state index contributed by atoms with van der Waals surface area (Å²) < 4.78 is 39.0. The lowest BCUT2D eigenvalue weighted by atomic mass is 10.2. The van der Waals surface area contributed by atoms with Gasteiger partial charge in [-0.3, -0.25) is 19.4 Å². The molecule has 3 rings (SSSR count). The number of alkyl halides is 3. The average molecular weight is 475 g/mol. The second-order valence-corrected chi connectivity index (χ2v) is 8.88. The van der Waals surface area contributed by atoms with E-state index in [1.807, 2.05) is 16.7 Å². The standard InChI is InChI=1S/C22H30ClF3N4O2/c1-16(21(32)30-8-4-2-3-5-9-30)29-12-10-28(11-13-29)15-20(31)27-17-6-7-19(23)18(14-17)22(24,25)26/h6-7,14,16H,2-5,8-13,15H2,1H3,(H,27,31)/t16-/m0/s1. The van der Waals surface area contributed by atoms with Crippen molar-refractivity contribution in [3.8, 4) is 0 Å². The van der Waals surface area contributed by atoms with Gasteiger partial charge in [-0.25, -0.2) is 0 Å². The van der Waals surface area contributed by atoms with Crippen molar-refractivity contribution in [2.75, 3.05) is 51.1 Å². The molecule has 0 saturated carbocycles. The minimum atomic E-state index is -4.59. The highest BCUT2D eigenvalue weighted by Crippen LogP contribution is 2.36. The van der Waals surface area contributed by atoms with Gasteiger partial charge in [-0.15, -0.1) is 0 Å². The molecule has 1 aromatic rings. The first-order valence-electron chi connectivity index (χ1n) is 11.1. The van der Waals surface area contributed by atoms with Gasteiger partial charge in [-0.1, -0.05) is 24.4 Å². The van der Waals surface area contributed by atoms with Gasteiger partial charge in [0.25, 0.3) is 0 Å². The minimum Gasteiger partial charge on any atom is -0.341 e. The zero-order chi connectivity index (χ0) is 23.3. The maximum absolute atomic E-state index is 13.0. The number of hydrogen-bond donors (Lipinski definition) is 1. The zero-order valence-electron chi connectivity index (χ0n) is 18.3. The van der Waals surface area contributed by atoms with Crippen molar-refractivity contribution in [2.24, 2.45) is 0 Å². The Bertz CT molecular complexity index is 805. The summed E-state index contributed by atoms with van der Waals surface area (Å²) in [5, 5.41) is 2.11. The lowest BCUT2D eigenvalue weighted by Crippen LogP contribution is -2.55. The van der Waals surface area contributed by atoms with E-state index in [1.165, 1.54) is 18.9 Å². The molecule has 1 atom stereocenters. The van der Waals surface area contributed by atoms with E-state index in [0.717, 1.165) is 38.1 Å². The number of likely N-dealkylation sites (tertiary alicyclic amines) is 1. The highest BCUT2D eigenvalue weighted by molar-refractivity contribution is 6.31. The predicted octanol–water partition coefficient (Wildman–Crippen LogP) is 3.71. The first kappa shape index (κ1) is 24.8. The maximum Gasteiger partial charge on any atom is 0.417 e. The van der Waals surface area contributed by atoms with Gasteiger partial charge in [-0.2, -0.15) is 13.2 Å². The molecule has 2 saturated heterocycles. The SMILES string of the molecule is C[C@@H](C(=O)N1CCCCCC1)N1CCN(CC(=O)Nc2ccc(Cl)c(C(F)(F)F)c2)CC1. The summed E-state index contributed by atoms with van der Waals surface area (Å²) in [6.45, 7) is 6.20. The maximum atomic E-state index is 13.0. The highest BCUT2D eigenvalue weighted by Gasteiger charge is 2.34. The van der Waals surface area contributed by atoms with Crippen LogP contribution in [0.2, 0.25) is 5.02 Å². The molecule has 0 aromatic heterocycles. The summed E-state index contributed by atoms with van der Waals surface area (Å²) >= 11 is 5.62. The second kappa shape index (κ2) is 10.9. The Morgan fingerprint density at radius 1 is 1.03 bits per heavy atom. The Balaban J connectivity index is 1.47. The molecule has 6 nitrogen and oxygen atoms in total. The van der Waals surface area contributed by atoms with Crippen molar-refractivity contribution in [3.63, 3.8) is 0 Å². The normalized spacial score (nSPS) is 20.0. The molecule has 0 unspecified atom stereocenters. The number of benzene rings is 1. The fourth-order valence-corrected chi connectivity index (χ4v) is 4.47. The average Bonchev–Trinajstić information content (AvgIpc) is 3.03. The van der Waals surface area contributed by atoms with Crippen LogP contribution in [0.5, 0.6) is 0 Å². The molecule has 2 heterocycles. The monoisotopic (exact) mass is 474 g/mol. The van der Waals surface area contributed by atoms with Gasteiger partial charge in [-0.05, 0) is 38.0 Å². The van der Waals surface area contributed by atoms with Crippen LogP contribution in [0.4, 0.5) is 18.9 Å². The van der Waals surface area contributed by atoms with Crippen LogP contribution >= 0.6 is 11.6 Å². The van der Waals surface area contributed by atoms with Crippen LogP contribution < -0.4 is 5.32 Å². The van der Waals surface area contributed by atoms with Crippen molar-refractivity contribution < 1.29 is 22.8 Å². The van der Waals surface area contributed by atoms with Gasteiger partial charge in [0.1, 0.15) is 0 Å². The highest BCUT2D eigenvalue weighted by atomic mass is 35.5. The number of carbonyl (C=O) groups excluding carboxylic acids is 2. The number of anilines is 1. The van der Waals surface area contributed by atoms with Crippen molar-refractivity contribution in [2.45, 2.75) is 44.8 Å². The predicted molar refractivity (Wildman–Crippen MR) is 118 cm³/mol. The van der Waals surface area contributed by atoms with Crippen molar-refractivity contribution in [1.29, 1.82) is 0 Å². The van der Waals surface area contributed by atoms with E-state index < -0.39 is 16.8 Å². The van der Waals surface area contributed by atoms with Gasteiger partial charge in [0.2, 0.25) is 11.8 Å². The first-order chi connectivity index (χ1) is 15.1. The van der Waals surface area contributed by atoms with Crippen LogP contribution in [0.25, 0.3) is 0 Å². The summed E-state index contributed by atoms with van der Waals surface area (Å²) in [5.41, 5.74) is -0.921. The van der Waals surface area contributed by atoms with Crippen molar-refractivity contribution in [1.82, 2.24) is 14.7 Å². The van der Waals surface area contributed by atoms with E-state index in [9.17, 15) is 22.8 Å². The van der Waals surface area contributed by atoms with Crippen molar-refractivity contribution in [3.05, 3.63) is 28.8 Å². The topological polar surface area (TPSA) is 55.9 Å². The molecular formula is C22H30ClF3N4O2. The molecule has 1 aromatic carbocycles. The lowest BCUT2D eigenvalue weighted by Gasteiger charge is -2.38. The fourth-order valence-electron chi connectivity index (χ4n) is 4.24. The fraction of sp³-hybridized carbons (Fsp3) is 0.636. The Hall–Kier alpha value is -1.84. The zero-order valence-corrected chi connectivity index (χ0v) is 19.0. The summed E-state index contributed by atoms with van der Waals surface area (Å²) in [5.74, 6) is -0.219. The lowest BCUT2D eigenvalue weighted by molar-refractivity contribution is -0.138. The summed E-state index contributed by atoms with van der Waals surface area (Å²) in [7, 11) is 0. The summed E-state index contributed by atoms with van der Waals surface area (Å²) in [6.07, 6.45) is -0.132. The number of piperazine rings is 1. The first-order valence-corrected chi connectivity index (χ1v) is 11.4. The van der Waals surface area contributed by atoms with Crippen molar-refractivity contribution >= 4 is 29.1 Å². The van der Waals surface area contributed by atoms with Crippen LogP contribution in [0.15, 0.2) is 18.2 Å². The molecule has 1 N–H and O–H groups in total. The Kier molecular flexibility index (Phi) is 8.41. The largest absolute Gasteiger partial charge is 0.417 e. The molecule has 0 bridgehead atoms. The van der Waals surface area contributed by atoms with Crippen LogP contribution in [-0.4, -0.2) is 78.4 Å². The molecule has 0 spiro atoms. The Morgan fingerprint density at radius 3 is 2.25 bits per heavy atom. The van der Waals surface area contributed by atoms with Gasteiger partial charge in [0.15, 0.2) is 0 Å². The van der Waals surface area contributed by atoms with E-state index in [0.29, 0.717) is 26.2 Å². The molecule has 0 radical (unpaired) electrons. The molecule has 2 fully saturated rings. The summed E-state index contributed by atoms with van der Waals surface area (Å²) in [4.78, 5) is 31.2. The van der Waals surface area contributed by atoms with Crippen LogP contribution in [-0.2, 0) is 15.8 Å². The number of nitrogens with one attached hydrogen (secondary N) is 1. The van der Waals surface area contributed by atoms with Crippen LogP contribution in [0, 0.1) is 0 Å². The van der Waals surface area contributed by atoms with Gasteiger partial charge >= 0.3 is 6.18 Å². The number of carbonyl (C=O) groups is 2. The van der Waals surface area contributed by atoms with Gasteiger partial charge in [0.05, 0.1) is 23.2 Å². The molecular weight excluding hydrogens is 445 g/mol. The third kappa shape index (κ3) is 6.59. The quantitative estimate of drug-likeness (QED) is 0.707. The third-order valence-electron chi connectivity index (χ3n) is 6.15. The number of rotatable bonds is 5. The second-order valence-electron chi connectivity index (χ2n) is 8.47. The van der Waals surface area contributed by atoms with E-state index in [-0.39, 0.29) is 30.1 Å². The molecule has 10 heteroatoms. The van der Waals surface area contributed by atoms with Crippen LogP contribution in [0.3, 0.4) is 0 Å². The molecule has 0 aliphatic carbocycles. The smallest absolute Gasteiger partial charge is 0.341 e. The van der Waals surface area contributed by atoms with Gasteiger partial charge in [0, 0.05) is 45.0 Å². The van der Waals surface area contributed by atoms with E-state index in [4.69, 9.17) is 11.6 Å².